The van der Waals surface area contributed by atoms with Crippen LogP contribution in [-0.2, 0) is 6.54 Å². The van der Waals surface area contributed by atoms with Gasteiger partial charge in [0.05, 0.1) is 23.5 Å². The number of halogens is 1. The summed E-state index contributed by atoms with van der Waals surface area (Å²) in [7, 11) is 0. The summed E-state index contributed by atoms with van der Waals surface area (Å²) in [5.41, 5.74) is 1.06. The van der Waals surface area contributed by atoms with Crippen LogP contribution in [0.25, 0.3) is 11.4 Å². The Labute approximate surface area is 156 Å². The van der Waals surface area contributed by atoms with Gasteiger partial charge in [0.2, 0.25) is 0 Å². The number of hydrogen-bond donors (Lipinski definition) is 2. The van der Waals surface area contributed by atoms with Crippen LogP contribution >= 0.6 is 27.3 Å². The monoisotopic (exact) mass is 421 g/mol. The molecule has 0 aliphatic carbocycles. The van der Waals surface area contributed by atoms with Crippen molar-refractivity contribution in [2.24, 2.45) is 0 Å². The van der Waals surface area contributed by atoms with Crippen LogP contribution in [0.15, 0.2) is 39.9 Å². The highest BCUT2D eigenvalue weighted by atomic mass is 79.9. The molecule has 0 unspecified atom stereocenters. The summed E-state index contributed by atoms with van der Waals surface area (Å²) in [6, 6.07) is 5.47. The van der Waals surface area contributed by atoms with Crippen LogP contribution in [0.1, 0.15) is 24.3 Å². The molecule has 0 saturated carbocycles. The third-order valence-electron chi connectivity index (χ3n) is 3.18. The molecule has 3 aromatic heterocycles. The Bertz CT molecular complexity index is 886. The fourth-order valence-corrected chi connectivity index (χ4v) is 3.22. The van der Waals surface area contributed by atoms with E-state index in [4.69, 9.17) is 0 Å². The van der Waals surface area contributed by atoms with Crippen molar-refractivity contribution in [3.63, 3.8) is 0 Å². The highest BCUT2D eigenvalue weighted by Gasteiger charge is 2.20. The number of nitrogens with zero attached hydrogens (tertiary/aromatic N) is 4. The molecule has 9 heteroatoms. The van der Waals surface area contributed by atoms with Gasteiger partial charge in [-0.2, -0.15) is 5.10 Å². The first kappa shape index (κ1) is 17.7. The van der Waals surface area contributed by atoms with Crippen molar-refractivity contribution in [1.29, 1.82) is 0 Å². The Morgan fingerprint density at radius 1 is 1.44 bits per heavy atom. The summed E-state index contributed by atoms with van der Waals surface area (Å²) in [6.07, 6.45) is 3.34. The van der Waals surface area contributed by atoms with Crippen LogP contribution in [0.3, 0.4) is 0 Å². The van der Waals surface area contributed by atoms with Crippen molar-refractivity contribution in [1.82, 2.24) is 19.7 Å². The molecule has 0 bridgehead atoms. The van der Waals surface area contributed by atoms with Crippen LogP contribution in [0.2, 0.25) is 0 Å². The number of carbonyl (C=O) groups is 1. The Hall–Kier alpha value is -2.10. The Balaban J connectivity index is 1.94. The van der Waals surface area contributed by atoms with E-state index in [2.05, 4.69) is 36.3 Å². The largest absolute Gasteiger partial charge is 0.389 e. The van der Waals surface area contributed by atoms with E-state index in [0.717, 1.165) is 0 Å². The lowest BCUT2D eigenvalue weighted by Gasteiger charge is -2.16. The normalized spacial score (nSPS) is 11.5. The molecule has 3 rings (SSSR count). The summed E-state index contributed by atoms with van der Waals surface area (Å²) < 4.78 is 2.23. The van der Waals surface area contributed by atoms with Crippen molar-refractivity contribution in [2.45, 2.75) is 26.0 Å². The molecule has 3 heterocycles. The SMILES string of the molecule is CC(C)(O)Cn1cc(NC(=O)c2csc(Br)n2)c(-c2ccccn2)n1. The van der Waals surface area contributed by atoms with Gasteiger partial charge in [0.1, 0.15) is 11.4 Å². The molecule has 1 amide bonds. The van der Waals surface area contributed by atoms with Gasteiger partial charge in [-0.15, -0.1) is 11.3 Å². The molecule has 0 aliphatic heterocycles. The molecule has 7 nitrogen and oxygen atoms in total. The van der Waals surface area contributed by atoms with Crippen LogP contribution in [-0.4, -0.2) is 36.4 Å². The number of thiazole rings is 1. The zero-order chi connectivity index (χ0) is 18.0. The van der Waals surface area contributed by atoms with E-state index < -0.39 is 5.60 Å². The number of pyridine rings is 1. The number of hydrogen-bond acceptors (Lipinski definition) is 6. The van der Waals surface area contributed by atoms with Gasteiger partial charge in [0.15, 0.2) is 3.92 Å². The molecule has 0 fully saturated rings. The molecule has 2 N–H and O–H groups in total. The summed E-state index contributed by atoms with van der Waals surface area (Å²) >= 11 is 4.58. The molecule has 25 heavy (non-hydrogen) atoms. The number of carbonyl (C=O) groups excluding carboxylic acids is 1. The Morgan fingerprint density at radius 2 is 2.24 bits per heavy atom. The van der Waals surface area contributed by atoms with Gasteiger partial charge >= 0.3 is 0 Å². The number of anilines is 1. The lowest BCUT2D eigenvalue weighted by molar-refractivity contribution is 0.0578. The molecular formula is C16H16BrN5O2S. The second-order valence-corrected chi connectivity index (χ2v) is 8.19. The standard InChI is InChI=1S/C16H16BrN5O2S/c1-16(2,24)9-22-7-11(13(21-22)10-5-3-4-6-18-10)19-14(23)12-8-25-15(17)20-12/h3-8,24H,9H2,1-2H3,(H,19,23). The van der Waals surface area contributed by atoms with E-state index in [1.807, 2.05) is 18.2 Å². The number of amides is 1. The third kappa shape index (κ3) is 4.50. The molecular weight excluding hydrogens is 406 g/mol. The van der Waals surface area contributed by atoms with Gasteiger partial charge in [-0.25, -0.2) is 4.98 Å². The van der Waals surface area contributed by atoms with Crippen molar-refractivity contribution < 1.29 is 9.90 Å². The fraction of sp³-hybridized carbons (Fsp3) is 0.250. The molecule has 0 aromatic carbocycles. The van der Waals surface area contributed by atoms with E-state index in [9.17, 15) is 9.90 Å². The van der Waals surface area contributed by atoms with Crippen LogP contribution in [0.4, 0.5) is 5.69 Å². The Morgan fingerprint density at radius 3 is 2.84 bits per heavy atom. The van der Waals surface area contributed by atoms with E-state index in [-0.39, 0.29) is 12.5 Å². The summed E-state index contributed by atoms with van der Waals surface area (Å²) in [6.45, 7) is 3.67. The minimum absolute atomic E-state index is 0.283. The molecule has 3 aromatic rings. The smallest absolute Gasteiger partial charge is 0.275 e. The topological polar surface area (TPSA) is 92.9 Å². The second kappa shape index (κ2) is 7.03. The van der Waals surface area contributed by atoms with Gasteiger partial charge in [-0.3, -0.25) is 14.5 Å². The number of rotatable bonds is 5. The molecule has 0 saturated heterocycles. The average molecular weight is 422 g/mol. The number of nitrogens with one attached hydrogen (secondary N) is 1. The molecule has 0 aliphatic rings. The van der Waals surface area contributed by atoms with Crippen LogP contribution in [0.5, 0.6) is 0 Å². The predicted octanol–water partition coefficient (Wildman–Crippen LogP) is 3.19. The molecule has 0 spiro atoms. The number of aromatic nitrogens is 4. The minimum atomic E-state index is -0.936. The quantitative estimate of drug-likeness (QED) is 0.659. The maximum Gasteiger partial charge on any atom is 0.275 e. The zero-order valence-electron chi connectivity index (χ0n) is 13.6. The number of aliphatic hydroxyl groups is 1. The summed E-state index contributed by atoms with van der Waals surface area (Å²) in [4.78, 5) is 20.8. The van der Waals surface area contributed by atoms with E-state index >= 15 is 0 Å². The summed E-state index contributed by atoms with van der Waals surface area (Å²) in [5.74, 6) is -0.332. The van der Waals surface area contributed by atoms with E-state index in [0.29, 0.717) is 26.7 Å². The van der Waals surface area contributed by atoms with Crippen molar-refractivity contribution >= 4 is 38.9 Å². The van der Waals surface area contributed by atoms with Crippen molar-refractivity contribution in [3.05, 3.63) is 45.6 Å². The third-order valence-corrected chi connectivity index (χ3v) is 4.54. The molecule has 130 valence electrons. The van der Waals surface area contributed by atoms with E-state index in [1.165, 1.54) is 11.3 Å². The average Bonchev–Trinajstić information content (AvgIpc) is 3.13. The predicted molar refractivity (Wildman–Crippen MR) is 99.5 cm³/mol. The molecule has 0 atom stereocenters. The Kier molecular flexibility index (Phi) is 4.98. The van der Waals surface area contributed by atoms with Crippen molar-refractivity contribution in [3.8, 4) is 11.4 Å². The first-order valence-corrected chi connectivity index (χ1v) is 9.13. The maximum absolute atomic E-state index is 12.4. The summed E-state index contributed by atoms with van der Waals surface area (Å²) in [5, 5.41) is 19.0. The van der Waals surface area contributed by atoms with Gasteiger partial charge in [-0.1, -0.05) is 6.07 Å². The highest BCUT2D eigenvalue weighted by molar-refractivity contribution is 9.11. The molecule has 0 radical (unpaired) electrons. The first-order valence-electron chi connectivity index (χ1n) is 7.45. The van der Waals surface area contributed by atoms with Gasteiger partial charge in [-0.05, 0) is 41.9 Å². The van der Waals surface area contributed by atoms with Gasteiger partial charge in [0.25, 0.3) is 5.91 Å². The first-order chi connectivity index (χ1) is 11.8. The zero-order valence-corrected chi connectivity index (χ0v) is 16.0. The van der Waals surface area contributed by atoms with Crippen molar-refractivity contribution in [2.75, 3.05) is 5.32 Å². The van der Waals surface area contributed by atoms with Gasteiger partial charge < -0.3 is 10.4 Å². The van der Waals surface area contributed by atoms with Gasteiger partial charge in [0, 0.05) is 17.8 Å². The lowest BCUT2D eigenvalue weighted by Crippen LogP contribution is -2.26. The van der Waals surface area contributed by atoms with Crippen LogP contribution < -0.4 is 5.32 Å². The minimum Gasteiger partial charge on any atom is -0.389 e. The van der Waals surface area contributed by atoms with E-state index in [1.54, 1.807) is 36.3 Å². The van der Waals surface area contributed by atoms with Crippen LogP contribution in [0, 0.1) is 0 Å². The highest BCUT2D eigenvalue weighted by Crippen LogP contribution is 2.26. The lowest BCUT2D eigenvalue weighted by atomic mass is 10.1. The fourth-order valence-electron chi connectivity index (χ4n) is 2.22. The second-order valence-electron chi connectivity index (χ2n) is 6.06. The maximum atomic E-state index is 12.4.